The van der Waals surface area contributed by atoms with Gasteiger partial charge in [0.1, 0.15) is 5.75 Å². The van der Waals surface area contributed by atoms with Crippen molar-refractivity contribution in [1.82, 2.24) is 0 Å². The second-order valence-corrected chi connectivity index (χ2v) is 6.53. The van der Waals surface area contributed by atoms with Gasteiger partial charge in [-0.3, -0.25) is 0 Å². The molecule has 4 nitrogen and oxygen atoms in total. The Morgan fingerprint density at radius 2 is 1.84 bits per heavy atom. The summed E-state index contributed by atoms with van der Waals surface area (Å²) in [6, 6.07) is 15.0. The number of benzene rings is 2. The minimum Gasteiger partial charge on any atom is -0.494 e. The van der Waals surface area contributed by atoms with Crippen LogP contribution in [0, 0.1) is 0 Å². The van der Waals surface area contributed by atoms with E-state index in [1.54, 1.807) is 6.08 Å². The van der Waals surface area contributed by atoms with E-state index in [1.165, 1.54) is 0 Å². The third kappa shape index (κ3) is 4.57. The van der Waals surface area contributed by atoms with Gasteiger partial charge in [-0.2, -0.15) is 0 Å². The second kappa shape index (κ2) is 8.12. The van der Waals surface area contributed by atoms with Gasteiger partial charge in [0.2, 0.25) is 5.90 Å². The van der Waals surface area contributed by atoms with Gasteiger partial charge in [-0.1, -0.05) is 41.4 Å². The van der Waals surface area contributed by atoms with Crippen molar-refractivity contribution in [2.24, 2.45) is 4.99 Å². The number of nitrogens with zero attached hydrogens (tertiary/aromatic N) is 1. The molecule has 1 heterocycles. The zero-order valence-corrected chi connectivity index (χ0v) is 15.5. The summed E-state index contributed by atoms with van der Waals surface area (Å²) in [4.78, 5) is 16.3. The zero-order valence-electron chi connectivity index (χ0n) is 13.9. The maximum atomic E-state index is 12.0. The van der Waals surface area contributed by atoms with Crippen molar-refractivity contribution in [3.05, 3.63) is 69.8 Å². The fraction of sp³-hybridized carbons (Fsp3) is 0.200. The Morgan fingerprint density at radius 3 is 2.52 bits per heavy atom. The summed E-state index contributed by atoms with van der Waals surface area (Å²) >= 11 is 3.39. The Balaban J connectivity index is 1.74. The molecule has 0 aromatic heterocycles. The lowest BCUT2D eigenvalue weighted by atomic mass is 10.2. The second-order valence-electron chi connectivity index (χ2n) is 5.61. The SMILES string of the molecule is CCCCOc1ccc(C2=NC(=Cc3ccc(Br)cc3)C(=O)O2)cc1. The van der Waals surface area contributed by atoms with Crippen LogP contribution < -0.4 is 4.74 Å². The quantitative estimate of drug-likeness (QED) is 0.391. The number of hydrogen-bond acceptors (Lipinski definition) is 4. The van der Waals surface area contributed by atoms with Crippen molar-refractivity contribution in [1.29, 1.82) is 0 Å². The molecule has 0 radical (unpaired) electrons. The van der Waals surface area contributed by atoms with Crippen LogP contribution in [0.25, 0.3) is 6.08 Å². The standard InChI is InChI=1S/C20H18BrNO3/c1-2-3-12-24-17-10-6-15(7-11-17)19-22-18(20(23)25-19)13-14-4-8-16(21)9-5-14/h4-11,13H,2-3,12H2,1H3. The van der Waals surface area contributed by atoms with Crippen LogP contribution in [0.15, 0.2) is 63.7 Å². The van der Waals surface area contributed by atoms with Gasteiger partial charge >= 0.3 is 5.97 Å². The fourth-order valence-electron chi connectivity index (χ4n) is 2.28. The molecule has 0 saturated heterocycles. The monoisotopic (exact) mass is 399 g/mol. The molecule has 0 unspecified atom stereocenters. The van der Waals surface area contributed by atoms with Gasteiger partial charge in [-0.15, -0.1) is 0 Å². The minimum absolute atomic E-state index is 0.292. The smallest absolute Gasteiger partial charge is 0.363 e. The number of unbranched alkanes of at least 4 members (excludes halogenated alkanes) is 1. The molecule has 5 heteroatoms. The van der Waals surface area contributed by atoms with E-state index < -0.39 is 5.97 Å². The molecule has 0 amide bonds. The summed E-state index contributed by atoms with van der Waals surface area (Å²) in [5.41, 5.74) is 1.93. The number of carbonyl (C=O) groups is 1. The number of esters is 1. The van der Waals surface area contributed by atoms with E-state index in [1.807, 2.05) is 48.5 Å². The molecule has 0 atom stereocenters. The van der Waals surface area contributed by atoms with Gasteiger partial charge in [0.05, 0.1) is 6.61 Å². The van der Waals surface area contributed by atoms with Crippen LogP contribution in [-0.2, 0) is 9.53 Å². The Kier molecular flexibility index (Phi) is 5.66. The highest BCUT2D eigenvalue weighted by Gasteiger charge is 2.24. The van der Waals surface area contributed by atoms with Gasteiger partial charge in [-0.25, -0.2) is 9.79 Å². The number of aliphatic imine (C=N–C) groups is 1. The van der Waals surface area contributed by atoms with Gasteiger partial charge in [0.25, 0.3) is 0 Å². The number of cyclic esters (lactones) is 1. The first-order chi connectivity index (χ1) is 12.2. The molecule has 128 valence electrons. The van der Waals surface area contributed by atoms with E-state index in [9.17, 15) is 4.79 Å². The van der Waals surface area contributed by atoms with E-state index in [4.69, 9.17) is 9.47 Å². The summed E-state index contributed by atoms with van der Waals surface area (Å²) in [6.45, 7) is 2.82. The molecule has 1 aliphatic rings. The van der Waals surface area contributed by atoms with Crippen LogP contribution in [0.2, 0.25) is 0 Å². The molecular weight excluding hydrogens is 382 g/mol. The van der Waals surface area contributed by atoms with Crippen molar-refractivity contribution in [2.45, 2.75) is 19.8 Å². The Hall–Kier alpha value is -2.40. The number of ether oxygens (including phenoxy) is 2. The summed E-state index contributed by atoms with van der Waals surface area (Å²) in [6.07, 6.45) is 3.83. The van der Waals surface area contributed by atoms with E-state index in [-0.39, 0.29) is 0 Å². The number of carbonyl (C=O) groups excluding carboxylic acids is 1. The molecular formula is C20H18BrNO3. The molecule has 0 aliphatic carbocycles. The van der Waals surface area contributed by atoms with Gasteiger partial charge in [0, 0.05) is 10.0 Å². The summed E-state index contributed by atoms with van der Waals surface area (Å²) < 4.78 is 11.9. The molecule has 2 aromatic carbocycles. The van der Waals surface area contributed by atoms with Gasteiger partial charge in [-0.05, 0) is 54.5 Å². The van der Waals surface area contributed by atoms with Gasteiger partial charge < -0.3 is 9.47 Å². The summed E-state index contributed by atoms with van der Waals surface area (Å²) in [5.74, 6) is 0.669. The molecule has 0 bridgehead atoms. The first-order valence-corrected chi connectivity index (χ1v) is 8.96. The van der Waals surface area contributed by atoms with Crippen LogP contribution in [0.3, 0.4) is 0 Å². The largest absolute Gasteiger partial charge is 0.494 e. The maximum Gasteiger partial charge on any atom is 0.363 e. The molecule has 3 rings (SSSR count). The fourth-order valence-corrected chi connectivity index (χ4v) is 2.54. The van der Waals surface area contributed by atoms with E-state index in [0.717, 1.165) is 34.2 Å². The van der Waals surface area contributed by atoms with Crippen molar-refractivity contribution >= 4 is 33.9 Å². The topological polar surface area (TPSA) is 47.9 Å². The molecule has 1 aliphatic heterocycles. The zero-order chi connectivity index (χ0) is 17.6. The average molecular weight is 400 g/mol. The first kappa shape index (κ1) is 17.4. The van der Waals surface area contributed by atoms with Gasteiger partial charge in [0.15, 0.2) is 5.70 Å². The van der Waals surface area contributed by atoms with E-state index in [0.29, 0.717) is 18.2 Å². The van der Waals surface area contributed by atoms with Crippen LogP contribution in [-0.4, -0.2) is 18.5 Å². The number of hydrogen-bond donors (Lipinski definition) is 0. The van der Waals surface area contributed by atoms with Crippen LogP contribution in [0.1, 0.15) is 30.9 Å². The highest BCUT2D eigenvalue weighted by atomic mass is 79.9. The van der Waals surface area contributed by atoms with Crippen molar-refractivity contribution < 1.29 is 14.3 Å². The Morgan fingerprint density at radius 1 is 1.12 bits per heavy atom. The lowest BCUT2D eigenvalue weighted by molar-refractivity contribution is -0.129. The van der Waals surface area contributed by atoms with Crippen molar-refractivity contribution in [3.8, 4) is 5.75 Å². The van der Waals surface area contributed by atoms with E-state index in [2.05, 4.69) is 27.8 Å². The Bertz CT molecular complexity index is 808. The third-order valence-corrected chi connectivity index (χ3v) is 4.19. The summed E-state index contributed by atoms with van der Waals surface area (Å²) in [5, 5.41) is 0. The lowest BCUT2D eigenvalue weighted by Gasteiger charge is -2.05. The van der Waals surface area contributed by atoms with Crippen molar-refractivity contribution in [3.63, 3.8) is 0 Å². The average Bonchev–Trinajstić information content (AvgIpc) is 2.98. The Labute approximate surface area is 155 Å². The minimum atomic E-state index is -0.443. The molecule has 0 spiro atoms. The van der Waals surface area contributed by atoms with Crippen LogP contribution in [0.5, 0.6) is 5.75 Å². The van der Waals surface area contributed by atoms with E-state index >= 15 is 0 Å². The lowest BCUT2D eigenvalue weighted by Crippen LogP contribution is -2.05. The normalized spacial score (nSPS) is 15.2. The highest BCUT2D eigenvalue weighted by Crippen LogP contribution is 2.21. The molecule has 0 saturated carbocycles. The molecule has 0 fully saturated rings. The summed E-state index contributed by atoms with van der Waals surface area (Å²) in [7, 11) is 0. The van der Waals surface area contributed by atoms with Crippen LogP contribution >= 0.6 is 15.9 Å². The first-order valence-electron chi connectivity index (χ1n) is 8.17. The number of halogens is 1. The third-order valence-electron chi connectivity index (χ3n) is 3.66. The molecule has 25 heavy (non-hydrogen) atoms. The predicted molar refractivity (Wildman–Crippen MR) is 102 cm³/mol. The highest BCUT2D eigenvalue weighted by molar-refractivity contribution is 9.10. The molecule has 0 N–H and O–H groups in total. The molecule has 2 aromatic rings. The number of rotatable bonds is 6. The maximum absolute atomic E-state index is 12.0. The van der Waals surface area contributed by atoms with Crippen LogP contribution in [0.4, 0.5) is 0 Å². The van der Waals surface area contributed by atoms with Crippen molar-refractivity contribution in [2.75, 3.05) is 6.61 Å². The predicted octanol–water partition coefficient (Wildman–Crippen LogP) is 4.97.